The fraction of sp³-hybridized carbons (Fsp3) is 0.333. The molecule has 0 radical (unpaired) electrons. The van der Waals surface area contributed by atoms with Crippen molar-refractivity contribution in [1.29, 1.82) is 0 Å². The van der Waals surface area contributed by atoms with Crippen LogP contribution in [-0.2, 0) is 10.2 Å². The molecule has 1 N–H and O–H groups in total. The number of ether oxygens (including phenoxy) is 1. The maximum absolute atomic E-state index is 12.8. The Morgan fingerprint density at radius 2 is 1.86 bits per heavy atom. The van der Waals surface area contributed by atoms with Crippen LogP contribution >= 0.6 is 0 Å². The molecule has 144 valence electrons. The van der Waals surface area contributed by atoms with Crippen LogP contribution in [0.1, 0.15) is 36.0 Å². The van der Waals surface area contributed by atoms with Crippen molar-refractivity contribution in [3.63, 3.8) is 0 Å². The molecule has 4 rings (SSSR count). The first-order valence-corrected chi connectivity index (χ1v) is 9.92. The average molecular weight is 374 g/mol. The van der Waals surface area contributed by atoms with Crippen LogP contribution in [-0.4, -0.2) is 24.0 Å². The van der Waals surface area contributed by atoms with Gasteiger partial charge in [-0.2, -0.15) is 0 Å². The molecule has 4 heteroatoms. The van der Waals surface area contributed by atoms with Gasteiger partial charge in [-0.1, -0.05) is 47.5 Å². The van der Waals surface area contributed by atoms with Crippen LogP contribution in [0.4, 0.5) is 0 Å². The van der Waals surface area contributed by atoms with Crippen molar-refractivity contribution in [2.75, 3.05) is 13.2 Å². The van der Waals surface area contributed by atoms with Crippen molar-refractivity contribution in [3.8, 4) is 5.75 Å². The van der Waals surface area contributed by atoms with E-state index in [0.717, 1.165) is 41.5 Å². The van der Waals surface area contributed by atoms with Gasteiger partial charge < -0.3 is 10.1 Å². The summed E-state index contributed by atoms with van der Waals surface area (Å²) < 4.78 is 5.90. The van der Waals surface area contributed by atoms with Gasteiger partial charge in [-0.05, 0) is 50.8 Å². The Morgan fingerprint density at radius 1 is 1.11 bits per heavy atom. The molecule has 0 saturated heterocycles. The maximum atomic E-state index is 12.8. The van der Waals surface area contributed by atoms with Crippen molar-refractivity contribution < 1.29 is 9.53 Å². The third kappa shape index (κ3) is 3.72. The number of aryl methyl sites for hydroxylation is 2. The summed E-state index contributed by atoms with van der Waals surface area (Å²) in [5, 5.41) is 4.18. The molecule has 0 atom stereocenters. The monoisotopic (exact) mass is 374 g/mol. The Hall–Kier alpha value is -2.88. The molecule has 28 heavy (non-hydrogen) atoms. The first-order chi connectivity index (χ1) is 13.6. The number of nitrogens with zero attached hydrogens (tertiary/aromatic N) is 1. The van der Waals surface area contributed by atoms with Gasteiger partial charge in [-0.15, -0.1) is 0 Å². The molecule has 1 fully saturated rings. The number of benzene rings is 2. The molecule has 0 bridgehead atoms. The van der Waals surface area contributed by atoms with Crippen LogP contribution in [0.5, 0.6) is 5.75 Å². The fourth-order valence-electron chi connectivity index (χ4n) is 3.84. The molecule has 1 amide bonds. The molecule has 1 heterocycles. The molecular formula is C24H26N2O2. The number of hydrogen-bond donors (Lipinski definition) is 1. The number of aromatic nitrogens is 1. The number of rotatable bonds is 7. The number of hydrogen-bond acceptors (Lipinski definition) is 3. The summed E-state index contributed by atoms with van der Waals surface area (Å²) in [6.45, 7) is 5.34. The molecule has 4 nitrogen and oxygen atoms in total. The lowest BCUT2D eigenvalue weighted by Gasteiger charge is -2.17. The molecule has 2 aromatic carbocycles. The first-order valence-electron chi connectivity index (χ1n) is 9.92. The zero-order valence-corrected chi connectivity index (χ0v) is 16.5. The number of fused-ring (bicyclic) bond motifs is 1. The minimum atomic E-state index is -0.322. The molecule has 1 aliphatic rings. The second-order valence-electron chi connectivity index (χ2n) is 7.75. The topological polar surface area (TPSA) is 51.2 Å². The summed E-state index contributed by atoms with van der Waals surface area (Å²) in [7, 11) is 0. The van der Waals surface area contributed by atoms with Crippen LogP contribution < -0.4 is 10.1 Å². The maximum Gasteiger partial charge on any atom is 0.230 e. The molecule has 1 aliphatic carbocycles. The number of carbonyl (C=O) groups excluding carboxylic acids is 1. The second-order valence-corrected chi connectivity index (χ2v) is 7.75. The van der Waals surface area contributed by atoms with Crippen molar-refractivity contribution in [1.82, 2.24) is 10.3 Å². The first kappa shape index (κ1) is 18.5. The van der Waals surface area contributed by atoms with E-state index in [-0.39, 0.29) is 11.3 Å². The van der Waals surface area contributed by atoms with Gasteiger partial charge in [0, 0.05) is 18.1 Å². The zero-order valence-electron chi connectivity index (χ0n) is 16.5. The van der Waals surface area contributed by atoms with E-state index >= 15 is 0 Å². The summed E-state index contributed by atoms with van der Waals surface area (Å²) >= 11 is 0. The van der Waals surface area contributed by atoms with Gasteiger partial charge in [0.2, 0.25) is 5.91 Å². The molecule has 0 aliphatic heterocycles. The second kappa shape index (κ2) is 7.63. The summed E-state index contributed by atoms with van der Waals surface area (Å²) in [5.41, 5.74) is 4.13. The Labute approximate surface area is 165 Å². The Bertz CT molecular complexity index is 983. The summed E-state index contributed by atoms with van der Waals surface area (Å²) in [6, 6.07) is 16.3. The highest BCUT2D eigenvalue weighted by Gasteiger charge is 2.51. The van der Waals surface area contributed by atoms with E-state index in [1.807, 2.05) is 30.3 Å². The average Bonchev–Trinajstić information content (AvgIpc) is 3.49. The molecular weight excluding hydrogens is 348 g/mol. The minimum absolute atomic E-state index is 0.143. The van der Waals surface area contributed by atoms with Crippen LogP contribution in [0.2, 0.25) is 0 Å². The van der Waals surface area contributed by atoms with Crippen LogP contribution in [0.25, 0.3) is 10.9 Å². The number of pyridine rings is 1. The highest BCUT2D eigenvalue weighted by molar-refractivity contribution is 5.91. The highest BCUT2D eigenvalue weighted by atomic mass is 16.5. The van der Waals surface area contributed by atoms with Gasteiger partial charge in [0.25, 0.3) is 0 Å². The number of nitrogens with one attached hydrogen (secondary N) is 1. The van der Waals surface area contributed by atoms with E-state index < -0.39 is 0 Å². The van der Waals surface area contributed by atoms with Gasteiger partial charge >= 0.3 is 0 Å². The smallest absolute Gasteiger partial charge is 0.230 e. The van der Waals surface area contributed by atoms with Crippen LogP contribution in [0, 0.1) is 13.8 Å². The van der Waals surface area contributed by atoms with Gasteiger partial charge in [0.15, 0.2) is 0 Å². The number of amides is 1. The van der Waals surface area contributed by atoms with Gasteiger partial charge in [-0.25, -0.2) is 0 Å². The van der Waals surface area contributed by atoms with E-state index in [1.54, 1.807) is 6.20 Å². The SMILES string of the molecule is Cc1cc(C)cc(C2(C(=O)NCCCOc3cccc4cccnc34)CC2)c1. The largest absolute Gasteiger partial charge is 0.491 e. The van der Waals surface area contributed by atoms with Crippen LogP contribution in [0.3, 0.4) is 0 Å². The quantitative estimate of drug-likeness (QED) is 0.621. The van der Waals surface area contributed by atoms with Crippen molar-refractivity contribution in [3.05, 3.63) is 71.4 Å². The fourth-order valence-corrected chi connectivity index (χ4v) is 3.84. The van der Waals surface area contributed by atoms with E-state index in [9.17, 15) is 4.79 Å². The van der Waals surface area contributed by atoms with Gasteiger partial charge in [0.05, 0.1) is 12.0 Å². The van der Waals surface area contributed by atoms with E-state index in [2.05, 4.69) is 42.3 Å². The number of para-hydroxylation sites is 1. The zero-order chi connectivity index (χ0) is 19.6. The lowest BCUT2D eigenvalue weighted by Crippen LogP contribution is -2.35. The van der Waals surface area contributed by atoms with E-state index in [4.69, 9.17) is 4.74 Å². The van der Waals surface area contributed by atoms with Gasteiger partial charge in [0.1, 0.15) is 11.3 Å². The van der Waals surface area contributed by atoms with Crippen molar-refractivity contribution in [2.45, 2.75) is 38.5 Å². The predicted molar refractivity (Wildman–Crippen MR) is 112 cm³/mol. The molecule has 0 unspecified atom stereocenters. The summed E-state index contributed by atoms with van der Waals surface area (Å²) in [5.74, 6) is 0.933. The molecule has 1 saturated carbocycles. The van der Waals surface area contributed by atoms with E-state index in [0.29, 0.717) is 13.2 Å². The van der Waals surface area contributed by atoms with Crippen LogP contribution in [0.15, 0.2) is 54.7 Å². The third-order valence-electron chi connectivity index (χ3n) is 5.42. The normalized spacial score (nSPS) is 14.6. The summed E-state index contributed by atoms with van der Waals surface area (Å²) in [4.78, 5) is 17.2. The standard InChI is InChI=1S/C24H26N2O2/c1-17-14-18(2)16-20(15-17)24(9-10-24)23(27)26-12-5-13-28-21-8-3-6-19-7-4-11-25-22(19)21/h3-4,6-8,11,14-16H,5,9-10,12-13H2,1-2H3,(H,26,27). The Balaban J connectivity index is 1.30. The molecule has 1 aromatic heterocycles. The third-order valence-corrected chi connectivity index (χ3v) is 5.42. The number of carbonyl (C=O) groups is 1. The van der Waals surface area contributed by atoms with Crippen molar-refractivity contribution in [2.24, 2.45) is 0 Å². The Kier molecular flexibility index (Phi) is 5.03. The van der Waals surface area contributed by atoms with Gasteiger partial charge in [-0.3, -0.25) is 9.78 Å². The van der Waals surface area contributed by atoms with E-state index in [1.165, 1.54) is 11.1 Å². The predicted octanol–water partition coefficient (Wildman–Crippen LogP) is 4.47. The van der Waals surface area contributed by atoms with Crippen molar-refractivity contribution >= 4 is 16.8 Å². The molecule has 0 spiro atoms. The lowest BCUT2D eigenvalue weighted by molar-refractivity contribution is -0.123. The molecule has 3 aromatic rings. The summed E-state index contributed by atoms with van der Waals surface area (Å²) in [6.07, 6.45) is 4.40. The minimum Gasteiger partial charge on any atom is -0.491 e. The Morgan fingerprint density at radius 3 is 2.61 bits per heavy atom. The highest BCUT2D eigenvalue weighted by Crippen LogP contribution is 2.48. The lowest BCUT2D eigenvalue weighted by atomic mass is 9.92.